The molecule has 1 heterocycles. The Morgan fingerprint density at radius 2 is 1.75 bits per heavy atom. The molecule has 134 valence electrons. The Balaban J connectivity index is 1.69. The van der Waals surface area contributed by atoms with Crippen LogP contribution >= 0.6 is 11.8 Å². The first kappa shape index (κ1) is 17.8. The number of hydrogen-bond donors (Lipinski definition) is 1. The molecule has 3 rings (SSSR count). The van der Waals surface area contributed by atoms with E-state index in [4.69, 9.17) is 4.98 Å². The summed E-state index contributed by atoms with van der Waals surface area (Å²) in [5, 5.41) is 4.17. The lowest BCUT2D eigenvalue weighted by atomic mass is 9.95. The molecule has 1 N–H and O–H groups in total. The normalized spacial score (nSPS) is 21.1. The predicted molar refractivity (Wildman–Crippen MR) is 99.5 cm³/mol. The van der Waals surface area contributed by atoms with E-state index in [-0.39, 0.29) is 11.2 Å². The highest BCUT2D eigenvalue weighted by Crippen LogP contribution is 2.35. The summed E-state index contributed by atoms with van der Waals surface area (Å²) in [7, 11) is 0. The lowest BCUT2D eigenvalue weighted by Crippen LogP contribution is -2.37. The van der Waals surface area contributed by atoms with E-state index in [1.807, 2.05) is 6.92 Å². The Morgan fingerprint density at radius 1 is 1.12 bits per heavy atom. The summed E-state index contributed by atoms with van der Waals surface area (Å²) in [4.78, 5) is 17.3. The standard InChI is InChI=1S/C19H31N3OS/c1-13-14(2)22(17-11-5-4-6-12-17)19(20-13)24-15(3)18(23)21-16-9-7-8-10-16/h15-17H,4-12H2,1-3H3,(H,21,23)/t15-/m0/s1. The van der Waals surface area contributed by atoms with E-state index >= 15 is 0 Å². The minimum Gasteiger partial charge on any atom is -0.352 e. The number of aryl methyl sites for hydroxylation is 1. The molecule has 0 spiro atoms. The zero-order valence-electron chi connectivity index (χ0n) is 15.3. The molecule has 1 aromatic rings. The zero-order valence-corrected chi connectivity index (χ0v) is 16.1. The van der Waals surface area contributed by atoms with Gasteiger partial charge in [0.2, 0.25) is 5.91 Å². The summed E-state index contributed by atoms with van der Waals surface area (Å²) >= 11 is 1.63. The van der Waals surface area contributed by atoms with E-state index in [0.29, 0.717) is 12.1 Å². The second-order valence-electron chi connectivity index (χ2n) is 7.48. The van der Waals surface area contributed by atoms with Crippen molar-refractivity contribution in [2.24, 2.45) is 0 Å². The molecule has 0 saturated heterocycles. The molecular weight excluding hydrogens is 318 g/mol. The largest absolute Gasteiger partial charge is 0.352 e. The molecule has 0 bridgehead atoms. The molecule has 1 aromatic heterocycles. The third-order valence-corrected chi connectivity index (χ3v) is 6.71. The molecule has 0 radical (unpaired) electrons. The second kappa shape index (κ2) is 7.94. The maximum absolute atomic E-state index is 12.5. The summed E-state index contributed by atoms with van der Waals surface area (Å²) in [6.45, 7) is 6.27. The molecule has 2 fully saturated rings. The molecule has 24 heavy (non-hydrogen) atoms. The van der Waals surface area contributed by atoms with Gasteiger partial charge in [0.05, 0.1) is 10.9 Å². The SMILES string of the molecule is Cc1nc(S[C@@H](C)C(=O)NC2CCCC2)n(C2CCCCC2)c1C. The van der Waals surface area contributed by atoms with Gasteiger partial charge in [0.1, 0.15) is 0 Å². The summed E-state index contributed by atoms with van der Waals surface area (Å²) in [5.74, 6) is 0.167. The third kappa shape index (κ3) is 3.98. The van der Waals surface area contributed by atoms with Gasteiger partial charge in [0.15, 0.2) is 5.16 Å². The molecular formula is C19H31N3OS. The maximum Gasteiger partial charge on any atom is 0.233 e. The lowest BCUT2D eigenvalue weighted by Gasteiger charge is -2.26. The zero-order chi connectivity index (χ0) is 17.1. The topological polar surface area (TPSA) is 46.9 Å². The van der Waals surface area contributed by atoms with Crippen LogP contribution in [0.5, 0.6) is 0 Å². The summed E-state index contributed by atoms with van der Waals surface area (Å²) in [6.07, 6.45) is 11.2. The number of amides is 1. The smallest absolute Gasteiger partial charge is 0.233 e. The number of thioether (sulfide) groups is 1. The number of rotatable bonds is 5. The minimum absolute atomic E-state index is 0.0888. The Morgan fingerprint density at radius 3 is 2.42 bits per heavy atom. The van der Waals surface area contributed by atoms with Gasteiger partial charge in [-0.15, -0.1) is 0 Å². The number of aromatic nitrogens is 2. The average Bonchev–Trinajstić information content (AvgIpc) is 3.17. The maximum atomic E-state index is 12.5. The van der Waals surface area contributed by atoms with Crippen molar-refractivity contribution in [3.8, 4) is 0 Å². The van der Waals surface area contributed by atoms with Crippen LogP contribution in [0, 0.1) is 13.8 Å². The van der Waals surface area contributed by atoms with Gasteiger partial charge in [0, 0.05) is 17.8 Å². The van der Waals surface area contributed by atoms with E-state index in [0.717, 1.165) is 23.7 Å². The average molecular weight is 350 g/mol. The molecule has 4 nitrogen and oxygen atoms in total. The number of hydrogen-bond acceptors (Lipinski definition) is 3. The fourth-order valence-electron chi connectivity index (χ4n) is 4.05. The van der Waals surface area contributed by atoms with Crippen LogP contribution in [0.1, 0.15) is 82.1 Å². The number of carbonyl (C=O) groups is 1. The van der Waals surface area contributed by atoms with Crippen LogP contribution in [0.3, 0.4) is 0 Å². The van der Waals surface area contributed by atoms with E-state index in [1.165, 1.54) is 50.6 Å². The van der Waals surface area contributed by atoms with Crippen molar-refractivity contribution < 1.29 is 4.79 Å². The van der Waals surface area contributed by atoms with Gasteiger partial charge in [-0.3, -0.25) is 4.79 Å². The van der Waals surface area contributed by atoms with Crippen molar-refractivity contribution >= 4 is 17.7 Å². The van der Waals surface area contributed by atoms with Gasteiger partial charge in [-0.25, -0.2) is 4.98 Å². The molecule has 1 atom stereocenters. The molecule has 1 amide bonds. The van der Waals surface area contributed by atoms with Crippen molar-refractivity contribution in [1.29, 1.82) is 0 Å². The molecule has 2 aliphatic rings. The van der Waals surface area contributed by atoms with Crippen molar-refractivity contribution in [1.82, 2.24) is 14.9 Å². The summed E-state index contributed by atoms with van der Waals surface area (Å²) in [6, 6.07) is 0.953. The van der Waals surface area contributed by atoms with E-state index in [2.05, 4.69) is 23.7 Å². The van der Waals surface area contributed by atoms with Crippen LogP contribution in [-0.4, -0.2) is 26.8 Å². The van der Waals surface area contributed by atoms with Gasteiger partial charge in [-0.1, -0.05) is 43.9 Å². The van der Waals surface area contributed by atoms with Crippen molar-refractivity contribution in [2.45, 2.75) is 101 Å². The second-order valence-corrected chi connectivity index (χ2v) is 8.79. The Labute approximate surface area is 150 Å². The van der Waals surface area contributed by atoms with Crippen LogP contribution in [0.15, 0.2) is 5.16 Å². The fourth-order valence-corrected chi connectivity index (χ4v) is 5.13. The van der Waals surface area contributed by atoms with Crippen molar-refractivity contribution in [3.05, 3.63) is 11.4 Å². The first-order valence-electron chi connectivity index (χ1n) is 9.58. The Bertz CT molecular complexity index is 571. The lowest BCUT2D eigenvalue weighted by molar-refractivity contribution is -0.120. The molecule has 2 saturated carbocycles. The fraction of sp³-hybridized carbons (Fsp3) is 0.789. The van der Waals surface area contributed by atoms with Gasteiger partial charge < -0.3 is 9.88 Å². The molecule has 5 heteroatoms. The Kier molecular flexibility index (Phi) is 5.90. The highest BCUT2D eigenvalue weighted by Gasteiger charge is 2.26. The molecule has 0 unspecified atom stereocenters. The van der Waals surface area contributed by atoms with Crippen LogP contribution in [-0.2, 0) is 4.79 Å². The molecule has 0 aliphatic heterocycles. The Hall–Kier alpha value is -0.970. The molecule has 0 aromatic carbocycles. The van der Waals surface area contributed by atoms with Gasteiger partial charge in [-0.05, 0) is 46.5 Å². The van der Waals surface area contributed by atoms with E-state index in [1.54, 1.807) is 11.8 Å². The summed E-state index contributed by atoms with van der Waals surface area (Å²) < 4.78 is 2.42. The highest BCUT2D eigenvalue weighted by atomic mass is 32.2. The highest BCUT2D eigenvalue weighted by molar-refractivity contribution is 8.00. The monoisotopic (exact) mass is 349 g/mol. The van der Waals surface area contributed by atoms with Crippen LogP contribution in [0.4, 0.5) is 0 Å². The van der Waals surface area contributed by atoms with Crippen molar-refractivity contribution in [2.75, 3.05) is 0 Å². The third-order valence-electron chi connectivity index (χ3n) is 5.65. The van der Waals surface area contributed by atoms with Crippen LogP contribution < -0.4 is 5.32 Å². The summed E-state index contributed by atoms with van der Waals surface area (Å²) in [5.41, 5.74) is 2.37. The van der Waals surface area contributed by atoms with Gasteiger partial charge in [0.25, 0.3) is 0 Å². The number of nitrogens with one attached hydrogen (secondary N) is 1. The van der Waals surface area contributed by atoms with Crippen molar-refractivity contribution in [3.63, 3.8) is 0 Å². The van der Waals surface area contributed by atoms with Crippen LogP contribution in [0.25, 0.3) is 0 Å². The first-order chi connectivity index (χ1) is 11.6. The van der Waals surface area contributed by atoms with E-state index in [9.17, 15) is 4.79 Å². The number of nitrogens with zero attached hydrogens (tertiary/aromatic N) is 2. The van der Waals surface area contributed by atoms with E-state index < -0.39 is 0 Å². The number of carbonyl (C=O) groups excluding carboxylic acids is 1. The van der Waals surface area contributed by atoms with Gasteiger partial charge in [-0.2, -0.15) is 0 Å². The van der Waals surface area contributed by atoms with Gasteiger partial charge >= 0.3 is 0 Å². The quantitative estimate of drug-likeness (QED) is 0.794. The molecule has 2 aliphatic carbocycles. The number of imidazole rings is 1. The minimum atomic E-state index is -0.0888. The first-order valence-corrected chi connectivity index (χ1v) is 10.5. The predicted octanol–water partition coefficient (Wildman–Crippen LogP) is 4.54. The van der Waals surface area contributed by atoms with Crippen LogP contribution in [0.2, 0.25) is 0 Å².